The smallest absolute Gasteiger partial charge is 0.272 e. The maximum Gasteiger partial charge on any atom is 0.272 e. The lowest BCUT2D eigenvalue weighted by Gasteiger charge is -2.10. The number of hydrazone groups is 1. The number of nitrogens with zero attached hydrogens (tertiary/aromatic N) is 2. The summed E-state index contributed by atoms with van der Waals surface area (Å²) in [7, 11) is 0. The van der Waals surface area contributed by atoms with E-state index in [-0.39, 0.29) is 5.91 Å². The number of furan rings is 1. The molecule has 0 radical (unpaired) electrons. The van der Waals surface area contributed by atoms with Gasteiger partial charge in [-0.2, -0.15) is 5.10 Å². The van der Waals surface area contributed by atoms with Crippen LogP contribution in [-0.4, -0.2) is 17.1 Å². The Bertz CT molecular complexity index is 1220. The van der Waals surface area contributed by atoms with E-state index in [9.17, 15) is 4.79 Å². The largest absolute Gasteiger partial charge is 0.460 e. The zero-order valence-corrected chi connectivity index (χ0v) is 17.2. The van der Waals surface area contributed by atoms with E-state index in [1.54, 1.807) is 6.07 Å². The quantitative estimate of drug-likeness (QED) is 0.347. The number of nitrogens with one attached hydrogen (secondary N) is 1. The Labute approximate surface area is 175 Å². The SMILES string of the molecule is Cc1ccc(/C=N/NC(=O)c2cc(-c3ccc(C(C)C)cc3)nc3ccccc23)o1. The highest BCUT2D eigenvalue weighted by atomic mass is 16.3. The van der Waals surface area contributed by atoms with Gasteiger partial charge in [-0.05, 0) is 42.7 Å². The topological polar surface area (TPSA) is 67.5 Å². The molecule has 4 aromatic rings. The molecule has 2 aromatic heterocycles. The van der Waals surface area contributed by atoms with Gasteiger partial charge in [0.25, 0.3) is 5.91 Å². The van der Waals surface area contributed by atoms with Crippen molar-refractivity contribution < 1.29 is 9.21 Å². The number of fused-ring (bicyclic) bond motifs is 1. The van der Waals surface area contributed by atoms with Crippen molar-refractivity contribution in [1.29, 1.82) is 0 Å². The molecule has 0 unspecified atom stereocenters. The molecule has 0 atom stereocenters. The first-order valence-electron chi connectivity index (χ1n) is 9.91. The predicted molar refractivity (Wildman–Crippen MR) is 120 cm³/mol. The Morgan fingerprint density at radius 2 is 1.83 bits per heavy atom. The minimum atomic E-state index is -0.298. The Morgan fingerprint density at radius 3 is 2.53 bits per heavy atom. The molecule has 30 heavy (non-hydrogen) atoms. The van der Waals surface area contributed by atoms with Gasteiger partial charge in [-0.1, -0.05) is 56.3 Å². The van der Waals surface area contributed by atoms with Crippen molar-refractivity contribution in [3.05, 3.63) is 89.4 Å². The fourth-order valence-corrected chi connectivity index (χ4v) is 3.29. The van der Waals surface area contributed by atoms with Crippen molar-refractivity contribution in [2.75, 3.05) is 0 Å². The number of pyridine rings is 1. The molecule has 5 heteroatoms. The molecule has 1 N–H and O–H groups in total. The molecule has 0 spiro atoms. The highest BCUT2D eigenvalue weighted by molar-refractivity contribution is 6.07. The number of aryl methyl sites for hydroxylation is 1. The molecule has 5 nitrogen and oxygen atoms in total. The van der Waals surface area contributed by atoms with Gasteiger partial charge in [0.1, 0.15) is 11.5 Å². The molecule has 2 aromatic carbocycles. The normalized spacial score (nSPS) is 11.5. The number of para-hydroxylation sites is 1. The maximum atomic E-state index is 12.9. The second kappa shape index (κ2) is 8.33. The van der Waals surface area contributed by atoms with Crippen LogP contribution in [-0.2, 0) is 0 Å². The Morgan fingerprint density at radius 1 is 1.07 bits per heavy atom. The Balaban J connectivity index is 1.67. The van der Waals surface area contributed by atoms with E-state index in [4.69, 9.17) is 9.40 Å². The Hall–Kier alpha value is -3.73. The molecule has 1 amide bonds. The van der Waals surface area contributed by atoms with Gasteiger partial charge in [0.05, 0.1) is 23.0 Å². The second-order valence-electron chi connectivity index (χ2n) is 7.50. The highest BCUT2D eigenvalue weighted by Gasteiger charge is 2.14. The van der Waals surface area contributed by atoms with Crippen molar-refractivity contribution in [3.63, 3.8) is 0 Å². The van der Waals surface area contributed by atoms with E-state index >= 15 is 0 Å². The fraction of sp³-hybridized carbons (Fsp3) is 0.160. The van der Waals surface area contributed by atoms with Gasteiger partial charge < -0.3 is 4.42 Å². The number of hydrogen-bond acceptors (Lipinski definition) is 4. The molecule has 0 saturated carbocycles. The van der Waals surface area contributed by atoms with E-state index in [0.29, 0.717) is 17.2 Å². The number of carbonyl (C=O) groups excluding carboxylic acids is 1. The van der Waals surface area contributed by atoms with Crippen LogP contribution < -0.4 is 5.43 Å². The summed E-state index contributed by atoms with van der Waals surface area (Å²) < 4.78 is 5.43. The summed E-state index contributed by atoms with van der Waals surface area (Å²) in [6.45, 7) is 6.18. The monoisotopic (exact) mass is 397 g/mol. The van der Waals surface area contributed by atoms with Crippen molar-refractivity contribution in [2.45, 2.75) is 26.7 Å². The molecular weight excluding hydrogens is 374 g/mol. The fourth-order valence-electron chi connectivity index (χ4n) is 3.29. The van der Waals surface area contributed by atoms with Crippen molar-refractivity contribution in [3.8, 4) is 11.3 Å². The number of carbonyl (C=O) groups is 1. The molecule has 0 fully saturated rings. The lowest BCUT2D eigenvalue weighted by Crippen LogP contribution is -2.18. The van der Waals surface area contributed by atoms with Crippen LogP contribution in [0.1, 0.15) is 47.2 Å². The summed E-state index contributed by atoms with van der Waals surface area (Å²) in [6.07, 6.45) is 1.49. The summed E-state index contributed by atoms with van der Waals surface area (Å²) in [5, 5.41) is 4.81. The third-order valence-electron chi connectivity index (χ3n) is 4.95. The lowest BCUT2D eigenvalue weighted by molar-refractivity contribution is 0.0956. The first-order chi connectivity index (χ1) is 14.5. The van der Waals surface area contributed by atoms with Gasteiger partial charge in [0, 0.05) is 10.9 Å². The van der Waals surface area contributed by atoms with Crippen LogP contribution in [0.4, 0.5) is 0 Å². The molecule has 0 aliphatic rings. The summed E-state index contributed by atoms with van der Waals surface area (Å²) in [5.41, 5.74) is 6.86. The number of aromatic nitrogens is 1. The third kappa shape index (κ3) is 4.15. The average molecular weight is 397 g/mol. The van der Waals surface area contributed by atoms with E-state index in [2.05, 4.69) is 36.5 Å². The molecule has 2 heterocycles. The maximum absolute atomic E-state index is 12.9. The van der Waals surface area contributed by atoms with Crippen LogP contribution in [0.15, 0.2) is 76.2 Å². The summed E-state index contributed by atoms with van der Waals surface area (Å²) in [6, 6.07) is 21.4. The third-order valence-corrected chi connectivity index (χ3v) is 4.95. The van der Waals surface area contributed by atoms with Gasteiger partial charge >= 0.3 is 0 Å². The van der Waals surface area contributed by atoms with E-state index in [0.717, 1.165) is 27.9 Å². The minimum Gasteiger partial charge on any atom is -0.460 e. The van der Waals surface area contributed by atoms with Crippen LogP contribution in [0.5, 0.6) is 0 Å². The van der Waals surface area contributed by atoms with E-state index in [1.807, 2.05) is 55.5 Å². The van der Waals surface area contributed by atoms with Gasteiger partial charge in [0.15, 0.2) is 0 Å². The zero-order chi connectivity index (χ0) is 21.1. The van der Waals surface area contributed by atoms with Crippen LogP contribution in [0.3, 0.4) is 0 Å². The van der Waals surface area contributed by atoms with Gasteiger partial charge in [0.2, 0.25) is 0 Å². The first kappa shape index (κ1) is 19.6. The van der Waals surface area contributed by atoms with Crippen molar-refractivity contribution >= 4 is 23.0 Å². The first-order valence-corrected chi connectivity index (χ1v) is 9.91. The number of hydrogen-bond donors (Lipinski definition) is 1. The minimum absolute atomic E-state index is 0.298. The molecule has 150 valence electrons. The average Bonchev–Trinajstić information content (AvgIpc) is 3.17. The number of benzene rings is 2. The van der Waals surface area contributed by atoms with Crippen LogP contribution in [0, 0.1) is 6.92 Å². The Kier molecular flexibility index (Phi) is 5.44. The summed E-state index contributed by atoms with van der Waals surface area (Å²) >= 11 is 0. The van der Waals surface area contributed by atoms with Gasteiger partial charge in [-0.25, -0.2) is 10.4 Å². The van der Waals surface area contributed by atoms with Crippen LogP contribution in [0.25, 0.3) is 22.2 Å². The predicted octanol–water partition coefficient (Wildman–Crippen LogP) is 5.69. The summed E-state index contributed by atoms with van der Waals surface area (Å²) in [4.78, 5) is 17.7. The van der Waals surface area contributed by atoms with Crippen LogP contribution >= 0.6 is 0 Å². The second-order valence-corrected chi connectivity index (χ2v) is 7.50. The molecule has 0 aliphatic carbocycles. The van der Waals surface area contributed by atoms with E-state index < -0.39 is 0 Å². The molecular formula is C25H23N3O2. The molecule has 0 aliphatic heterocycles. The van der Waals surface area contributed by atoms with Gasteiger partial charge in [-0.3, -0.25) is 4.79 Å². The lowest BCUT2D eigenvalue weighted by atomic mass is 9.99. The molecule has 0 bridgehead atoms. The highest BCUT2D eigenvalue weighted by Crippen LogP contribution is 2.26. The van der Waals surface area contributed by atoms with Crippen molar-refractivity contribution in [2.24, 2.45) is 5.10 Å². The molecule has 0 saturated heterocycles. The summed E-state index contributed by atoms with van der Waals surface area (Å²) in [5.74, 6) is 1.53. The number of amides is 1. The van der Waals surface area contributed by atoms with Gasteiger partial charge in [-0.15, -0.1) is 0 Å². The molecule has 4 rings (SSSR count). The standard InChI is InChI=1S/C25H23N3O2/c1-16(2)18-9-11-19(12-10-18)24-14-22(21-6-4-5-7-23(21)27-24)25(29)28-26-15-20-13-8-17(3)30-20/h4-16H,1-3H3,(H,28,29)/b26-15+. The van der Waals surface area contributed by atoms with Crippen molar-refractivity contribution in [1.82, 2.24) is 10.4 Å². The van der Waals surface area contributed by atoms with E-state index in [1.165, 1.54) is 11.8 Å². The zero-order valence-electron chi connectivity index (χ0n) is 17.2. The van der Waals surface area contributed by atoms with Crippen LogP contribution in [0.2, 0.25) is 0 Å². The number of rotatable bonds is 5.